The minimum absolute atomic E-state index is 0.638. The molecule has 1 fully saturated rings. The summed E-state index contributed by atoms with van der Waals surface area (Å²) < 4.78 is 4.60. The summed E-state index contributed by atoms with van der Waals surface area (Å²) >= 11 is 7.28. The number of piperidine rings is 1. The first-order chi connectivity index (χ1) is 7.16. The molecule has 15 heavy (non-hydrogen) atoms. The van der Waals surface area contributed by atoms with Gasteiger partial charge in [0.05, 0.1) is 0 Å². The van der Waals surface area contributed by atoms with E-state index >= 15 is 0 Å². The molecule has 0 amide bonds. The van der Waals surface area contributed by atoms with Crippen molar-refractivity contribution in [2.45, 2.75) is 39.3 Å². The SMILES string of the molecule is CC1CCC(C)N(Cc2nnsc2Cl)C1. The molecule has 2 rings (SSSR count). The molecule has 0 spiro atoms. The third-order valence-electron chi connectivity index (χ3n) is 3.11. The van der Waals surface area contributed by atoms with E-state index in [0.717, 1.165) is 29.0 Å². The van der Waals surface area contributed by atoms with E-state index < -0.39 is 0 Å². The predicted octanol–water partition coefficient (Wildman–Crippen LogP) is 2.81. The minimum Gasteiger partial charge on any atom is -0.294 e. The van der Waals surface area contributed by atoms with E-state index in [1.54, 1.807) is 0 Å². The molecule has 3 nitrogen and oxygen atoms in total. The molecule has 0 aliphatic carbocycles. The fourth-order valence-electron chi connectivity index (χ4n) is 2.08. The fraction of sp³-hybridized carbons (Fsp3) is 0.800. The van der Waals surface area contributed by atoms with Crippen molar-refractivity contribution in [3.8, 4) is 0 Å². The van der Waals surface area contributed by atoms with Crippen molar-refractivity contribution in [1.29, 1.82) is 0 Å². The Balaban J connectivity index is 2.01. The molecule has 0 radical (unpaired) electrons. The van der Waals surface area contributed by atoms with Crippen LogP contribution in [0.1, 0.15) is 32.4 Å². The van der Waals surface area contributed by atoms with Crippen LogP contribution in [0.4, 0.5) is 0 Å². The molecule has 0 aromatic carbocycles. The van der Waals surface area contributed by atoms with Crippen LogP contribution in [-0.4, -0.2) is 27.1 Å². The molecule has 1 aliphatic rings. The first-order valence-electron chi connectivity index (χ1n) is 5.37. The van der Waals surface area contributed by atoms with Gasteiger partial charge in [-0.1, -0.05) is 23.0 Å². The third kappa shape index (κ3) is 2.68. The highest BCUT2D eigenvalue weighted by molar-refractivity contribution is 7.10. The fourth-order valence-corrected chi connectivity index (χ4v) is 2.70. The van der Waals surface area contributed by atoms with Gasteiger partial charge in [-0.3, -0.25) is 4.90 Å². The highest BCUT2D eigenvalue weighted by Gasteiger charge is 2.24. The minimum atomic E-state index is 0.638. The summed E-state index contributed by atoms with van der Waals surface area (Å²) in [6, 6.07) is 0.638. The van der Waals surface area contributed by atoms with Gasteiger partial charge in [-0.2, -0.15) is 0 Å². The van der Waals surface area contributed by atoms with Crippen molar-refractivity contribution in [3.05, 3.63) is 10.0 Å². The molecule has 2 heterocycles. The van der Waals surface area contributed by atoms with Gasteiger partial charge in [0.1, 0.15) is 10.0 Å². The van der Waals surface area contributed by atoms with Gasteiger partial charge in [-0.15, -0.1) is 5.10 Å². The maximum absolute atomic E-state index is 6.01. The molecule has 5 heteroatoms. The van der Waals surface area contributed by atoms with E-state index in [4.69, 9.17) is 11.6 Å². The van der Waals surface area contributed by atoms with Gasteiger partial charge in [0.2, 0.25) is 0 Å². The second kappa shape index (κ2) is 4.76. The average Bonchev–Trinajstić information content (AvgIpc) is 2.58. The largest absolute Gasteiger partial charge is 0.294 e. The summed E-state index contributed by atoms with van der Waals surface area (Å²) in [7, 11) is 0. The first-order valence-corrected chi connectivity index (χ1v) is 6.52. The smallest absolute Gasteiger partial charge is 0.138 e. The van der Waals surface area contributed by atoms with E-state index in [-0.39, 0.29) is 0 Å². The van der Waals surface area contributed by atoms with E-state index in [1.807, 2.05) is 0 Å². The van der Waals surface area contributed by atoms with Crippen LogP contribution in [0.25, 0.3) is 0 Å². The maximum Gasteiger partial charge on any atom is 0.138 e. The number of likely N-dealkylation sites (tertiary alicyclic amines) is 1. The first kappa shape index (κ1) is 11.3. The molecule has 2 unspecified atom stereocenters. The number of hydrogen-bond donors (Lipinski definition) is 0. The zero-order valence-corrected chi connectivity index (χ0v) is 10.7. The summed E-state index contributed by atoms with van der Waals surface area (Å²) in [6.45, 7) is 6.58. The van der Waals surface area contributed by atoms with E-state index in [9.17, 15) is 0 Å². The molecule has 0 bridgehead atoms. The van der Waals surface area contributed by atoms with Crippen molar-refractivity contribution >= 4 is 23.1 Å². The Kier molecular flexibility index (Phi) is 3.59. The second-order valence-electron chi connectivity index (χ2n) is 4.45. The Morgan fingerprint density at radius 3 is 2.93 bits per heavy atom. The van der Waals surface area contributed by atoms with Crippen molar-refractivity contribution in [1.82, 2.24) is 14.5 Å². The van der Waals surface area contributed by atoms with Crippen molar-refractivity contribution in [2.24, 2.45) is 5.92 Å². The van der Waals surface area contributed by atoms with Crippen molar-refractivity contribution in [3.63, 3.8) is 0 Å². The summed E-state index contributed by atoms with van der Waals surface area (Å²) in [5.41, 5.74) is 0.933. The summed E-state index contributed by atoms with van der Waals surface area (Å²) in [6.07, 6.45) is 2.61. The monoisotopic (exact) mass is 245 g/mol. The van der Waals surface area contributed by atoms with Gasteiger partial charge < -0.3 is 0 Å². The number of nitrogens with zero attached hydrogens (tertiary/aromatic N) is 3. The Morgan fingerprint density at radius 2 is 2.27 bits per heavy atom. The lowest BCUT2D eigenvalue weighted by Gasteiger charge is -2.36. The van der Waals surface area contributed by atoms with Gasteiger partial charge in [0.15, 0.2) is 0 Å². The lowest BCUT2D eigenvalue weighted by Crippen LogP contribution is -2.40. The molecular formula is C10H16ClN3S. The Hall–Kier alpha value is -0.190. The molecule has 1 aliphatic heterocycles. The van der Waals surface area contributed by atoms with Gasteiger partial charge in [0.25, 0.3) is 0 Å². The Labute approximate surface area is 99.6 Å². The zero-order valence-electron chi connectivity index (χ0n) is 9.11. The summed E-state index contributed by atoms with van der Waals surface area (Å²) in [5.74, 6) is 0.784. The molecule has 1 aromatic heterocycles. The van der Waals surface area contributed by atoms with Gasteiger partial charge in [-0.25, -0.2) is 0 Å². The van der Waals surface area contributed by atoms with E-state index in [0.29, 0.717) is 6.04 Å². The van der Waals surface area contributed by atoms with Gasteiger partial charge >= 0.3 is 0 Å². The molecular weight excluding hydrogens is 230 g/mol. The maximum atomic E-state index is 6.01. The van der Waals surface area contributed by atoms with Crippen molar-refractivity contribution in [2.75, 3.05) is 6.54 Å². The number of halogens is 1. The van der Waals surface area contributed by atoms with Crippen LogP contribution >= 0.6 is 23.1 Å². The zero-order chi connectivity index (χ0) is 10.8. The molecule has 0 N–H and O–H groups in total. The normalized spacial score (nSPS) is 28.2. The van der Waals surface area contributed by atoms with Crippen LogP contribution in [-0.2, 0) is 6.54 Å². The molecule has 2 atom stereocenters. The van der Waals surface area contributed by atoms with Crippen molar-refractivity contribution < 1.29 is 0 Å². The van der Waals surface area contributed by atoms with Gasteiger partial charge in [0, 0.05) is 30.7 Å². The standard InChI is InChI=1S/C10H16ClN3S/c1-7-3-4-8(2)14(5-7)6-9-10(11)15-13-12-9/h7-8H,3-6H2,1-2H3. The Bertz CT molecular complexity index is 328. The van der Waals surface area contributed by atoms with Crippen LogP contribution in [0, 0.1) is 5.92 Å². The summed E-state index contributed by atoms with van der Waals surface area (Å²) in [4.78, 5) is 2.46. The number of aromatic nitrogens is 2. The third-order valence-corrected chi connectivity index (χ3v) is 4.09. The topological polar surface area (TPSA) is 29.0 Å². The Morgan fingerprint density at radius 1 is 1.47 bits per heavy atom. The van der Waals surface area contributed by atoms with Crippen LogP contribution in [0.2, 0.25) is 4.34 Å². The molecule has 1 aromatic rings. The number of hydrogen-bond acceptors (Lipinski definition) is 4. The van der Waals surface area contributed by atoms with Gasteiger partial charge in [-0.05, 0) is 25.7 Å². The van der Waals surface area contributed by atoms with Crippen LogP contribution in [0.3, 0.4) is 0 Å². The highest BCUT2D eigenvalue weighted by Crippen LogP contribution is 2.25. The lowest BCUT2D eigenvalue weighted by molar-refractivity contribution is 0.116. The molecule has 1 saturated heterocycles. The number of rotatable bonds is 2. The summed E-state index contributed by atoms with van der Waals surface area (Å²) in [5, 5.41) is 4.06. The second-order valence-corrected chi connectivity index (χ2v) is 5.81. The van der Waals surface area contributed by atoms with E-state index in [1.165, 1.54) is 24.4 Å². The van der Waals surface area contributed by atoms with Crippen LogP contribution in [0.15, 0.2) is 0 Å². The lowest BCUT2D eigenvalue weighted by atomic mass is 9.95. The average molecular weight is 246 g/mol. The highest BCUT2D eigenvalue weighted by atomic mass is 35.5. The van der Waals surface area contributed by atoms with Crippen LogP contribution in [0.5, 0.6) is 0 Å². The molecule has 84 valence electrons. The van der Waals surface area contributed by atoms with E-state index in [2.05, 4.69) is 28.3 Å². The molecule has 0 saturated carbocycles. The predicted molar refractivity (Wildman–Crippen MR) is 63.2 cm³/mol. The quantitative estimate of drug-likeness (QED) is 0.803. The van der Waals surface area contributed by atoms with Crippen LogP contribution < -0.4 is 0 Å².